The summed E-state index contributed by atoms with van der Waals surface area (Å²) < 4.78 is 6.64. The summed E-state index contributed by atoms with van der Waals surface area (Å²) in [5.41, 5.74) is 1.97. The predicted octanol–water partition coefficient (Wildman–Crippen LogP) is 2.95. The highest BCUT2D eigenvalue weighted by atomic mass is 35.5. The number of aromatic nitrogens is 3. The molecule has 0 unspecified atom stereocenters. The molecule has 0 aliphatic carbocycles. The van der Waals surface area contributed by atoms with Gasteiger partial charge in [0.05, 0.1) is 17.3 Å². The van der Waals surface area contributed by atoms with Crippen molar-refractivity contribution in [3.63, 3.8) is 0 Å². The molecule has 0 bridgehead atoms. The normalized spacial score (nSPS) is 11.6. The number of benzene rings is 2. The van der Waals surface area contributed by atoms with E-state index in [1.807, 2.05) is 19.1 Å². The molecule has 0 saturated heterocycles. The Morgan fingerprint density at radius 1 is 1.22 bits per heavy atom. The van der Waals surface area contributed by atoms with Gasteiger partial charge in [-0.1, -0.05) is 23.7 Å². The van der Waals surface area contributed by atoms with Gasteiger partial charge in [-0.2, -0.15) is 5.10 Å². The van der Waals surface area contributed by atoms with E-state index in [4.69, 9.17) is 16.3 Å². The van der Waals surface area contributed by atoms with E-state index in [0.717, 1.165) is 11.3 Å². The molecule has 0 spiro atoms. The molecular formula is C19H17ClN4O3. The van der Waals surface area contributed by atoms with Crippen molar-refractivity contribution in [1.29, 1.82) is 0 Å². The number of hydrogen-bond acceptors (Lipinski definition) is 5. The molecule has 1 N–H and O–H groups in total. The first kappa shape index (κ1) is 18.6. The van der Waals surface area contributed by atoms with Gasteiger partial charge in [0.2, 0.25) is 0 Å². The first-order valence-electron chi connectivity index (χ1n) is 8.20. The molecule has 3 aromatic rings. The van der Waals surface area contributed by atoms with Crippen LogP contribution in [0.15, 0.2) is 61.2 Å². The lowest BCUT2D eigenvalue weighted by molar-refractivity contribution is -0.124. The molecule has 0 saturated carbocycles. The van der Waals surface area contributed by atoms with Crippen LogP contribution in [0.5, 0.6) is 0 Å². The second-order valence-corrected chi connectivity index (χ2v) is 6.24. The maximum atomic E-state index is 12.1. The Bertz CT molecular complexity index is 926. The molecule has 0 aliphatic heterocycles. The van der Waals surface area contributed by atoms with Gasteiger partial charge < -0.3 is 10.1 Å². The number of hydrogen-bond donors (Lipinski definition) is 1. The fourth-order valence-electron chi connectivity index (χ4n) is 2.45. The van der Waals surface area contributed by atoms with Gasteiger partial charge in [0.15, 0.2) is 6.61 Å². The minimum atomic E-state index is -0.578. The molecule has 0 fully saturated rings. The van der Waals surface area contributed by atoms with E-state index in [9.17, 15) is 9.59 Å². The van der Waals surface area contributed by atoms with E-state index in [1.165, 1.54) is 6.33 Å². The summed E-state index contributed by atoms with van der Waals surface area (Å²) in [6, 6.07) is 13.6. The molecular weight excluding hydrogens is 368 g/mol. The van der Waals surface area contributed by atoms with Crippen LogP contribution in [0.3, 0.4) is 0 Å². The standard InChI is InChI=1S/C19H17ClN4O3/c1-13(15-3-2-4-16(20)9-15)23-18(25)10-27-19(26)14-5-7-17(8-6-14)24-12-21-11-22-24/h2-9,11-13H,10H2,1H3,(H,23,25)/t13-/m0/s1. The van der Waals surface area contributed by atoms with Gasteiger partial charge in [0, 0.05) is 5.02 Å². The molecule has 1 amide bonds. The average molecular weight is 385 g/mol. The number of nitrogens with one attached hydrogen (secondary N) is 1. The zero-order valence-electron chi connectivity index (χ0n) is 14.5. The molecule has 8 heteroatoms. The number of carbonyl (C=O) groups excluding carboxylic acids is 2. The molecule has 1 heterocycles. The molecule has 1 aromatic heterocycles. The van der Waals surface area contributed by atoms with Crippen molar-refractivity contribution in [2.75, 3.05) is 6.61 Å². The van der Waals surface area contributed by atoms with E-state index in [0.29, 0.717) is 10.6 Å². The number of esters is 1. The first-order chi connectivity index (χ1) is 13.0. The van der Waals surface area contributed by atoms with Crippen molar-refractivity contribution < 1.29 is 14.3 Å². The van der Waals surface area contributed by atoms with Crippen LogP contribution in [0.2, 0.25) is 5.02 Å². The van der Waals surface area contributed by atoms with Crippen molar-refractivity contribution in [2.45, 2.75) is 13.0 Å². The lowest BCUT2D eigenvalue weighted by atomic mass is 10.1. The van der Waals surface area contributed by atoms with Crippen molar-refractivity contribution in [1.82, 2.24) is 20.1 Å². The second-order valence-electron chi connectivity index (χ2n) is 5.81. The first-order valence-corrected chi connectivity index (χ1v) is 8.58. The number of rotatable bonds is 6. The van der Waals surface area contributed by atoms with Crippen LogP contribution in [0.1, 0.15) is 28.9 Å². The fraction of sp³-hybridized carbons (Fsp3) is 0.158. The van der Waals surface area contributed by atoms with Gasteiger partial charge >= 0.3 is 5.97 Å². The fourth-order valence-corrected chi connectivity index (χ4v) is 2.65. The van der Waals surface area contributed by atoms with Crippen LogP contribution >= 0.6 is 11.6 Å². The van der Waals surface area contributed by atoms with Crippen LogP contribution in [-0.4, -0.2) is 33.2 Å². The number of nitrogens with zero attached hydrogens (tertiary/aromatic N) is 3. The summed E-state index contributed by atoms with van der Waals surface area (Å²) in [5, 5.41) is 7.36. The molecule has 27 heavy (non-hydrogen) atoms. The van der Waals surface area contributed by atoms with Crippen LogP contribution in [-0.2, 0) is 9.53 Å². The molecule has 1 atom stereocenters. The topological polar surface area (TPSA) is 86.1 Å². The highest BCUT2D eigenvalue weighted by molar-refractivity contribution is 6.30. The Labute approximate surface area is 160 Å². The molecule has 3 rings (SSSR count). The molecule has 0 aliphatic rings. The maximum absolute atomic E-state index is 12.1. The van der Waals surface area contributed by atoms with Crippen molar-refractivity contribution in [3.05, 3.63) is 77.3 Å². The summed E-state index contributed by atoms with van der Waals surface area (Å²) in [7, 11) is 0. The maximum Gasteiger partial charge on any atom is 0.338 e. The van der Waals surface area contributed by atoms with Crippen LogP contribution in [0, 0.1) is 0 Å². The molecule has 2 aromatic carbocycles. The third-order valence-corrected chi connectivity index (χ3v) is 4.08. The monoisotopic (exact) mass is 384 g/mol. The predicted molar refractivity (Wildman–Crippen MR) is 99.7 cm³/mol. The van der Waals surface area contributed by atoms with Gasteiger partial charge in [-0.15, -0.1) is 0 Å². The van der Waals surface area contributed by atoms with Crippen molar-refractivity contribution >= 4 is 23.5 Å². The summed E-state index contributed by atoms with van der Waals surface area (Å²) in [5.74, 6) is -0.972. The Balaban J connectivity index is 1.51. The molecule has 138 valence electrons. The van der Waals surface area contributed by atoms with E-state index in [1.54, 1.807) is 47.4 Å². The molecule has 7 nitrogen and oxygen atoms in total. The summed E-state index contributed by atoms with van der Waals surface area (Å²) in [6.45, 7) is 1.46. The van der Waals surface area contributed by atoms with Crippen molar-refractivity contribution in [3.8, 4) is 5.69 Å². The third kappa shape index (κ3) is 4.92. The largest absolute Gasteiger partial charge is 0.452 e. The van der Waals surface area contributed by atoms with E-state index >= 15 is 0 Å². The van der Waals surface area contributed by atoms with Gasteiger partial charge in [0.1, 0.15) is 12.7 Å². The highest BCUT2D eigenvalue weighted by Gasteiger charge is 2.13. The molecule has 0 radical (unpaired) electrons. The summed E-state index contributed by atoms with van der Waals surface area (Å²) in [4.78, 5) is 28.0. The van der Waals surface area contributed by atoms with Crippen LogP contribution in [0.4, 0.5) is 0 Å². The van der Waals surface area contributed by atoms with Gasteiger partial charge in [-0.25, -0.2) is 14.5 Å². The SMILES string of the molecule is C[C@H](NC(=O)COC(=O)c1ccc(-n2cncn2)cc1)c1cccc(Cl)c1. The number of amides is 1. The smallest absolute Gasteiger partial charge is 0.338 e. The lowest BCUT2D eigenvalue weighted by Gasteiger charge is -2.14. The summed E-state index contributed by atoms with van der Waals surface area (Å²) >= 11 is 5.95. The van der Waals surface area contributed by atoms with Gasteiger partial charge in [-0.3, -0.25) is 4.79 Å². The minimum absolute atomic E-state index is 0.253. The number of halogens is 1. The Hall–Kier alpha value is -3.19. The second kappa shape index (κ2) is 8.46. The summed E-state index contributed by atoms with van der Waals surface area (Å²) in [6.07, 6.45) is 2.98. The number of ether oxygens (including phenoxy) is 1. The number of carbonyl (C=O) groups is 2. The van der Waals surface area contributed by atoms with Gasteiger partial charge in [0.25, 0.3) is 5.91 Å². The highest BCUT2D eigenvalue weighted by Crippen LogP contribution is 2.17. The Morgan fingerprint density at radius 2 is 2.00 bits per heavy atom. The zero-order valence-corrected chi connectivity index (χ0v) is 15.3. The van der Waals surface area contributed by atoms with E-state index < -0.39 is 11.9 Å². The minimum Gasteiger partial charge on any atom is -0.452 e. The quantitative estimate of drug-likeness (QED) is 0.660. The lowest BCUT2D eigenvalue weighted by Crippen LogP contribution is -2.31. The zero-order chi connectivity index (χ0) is 19.2. The van der Waals surface area contributed by atoms with Crippen LogP contribution in [0.25, 0.3) is 5.69 Å². The average Bonchev–Trinajstić information content (AvgIpc) is 3.21. The van der Waals surface area contributed by atoms with Crippen molar-refractivity contribution in [2.24, 2.45) is 0 Å². The Kier molecular flexibility index (Phi) is 5.83. The van der Waals surface area contributed by atoms with Gasteiger partial charge in [-0.05, 0) is 48.9 Å². The van der Waals surface area contributed by atoms with Crippen LogP contribution < -0.4 is 5.32 Å². The third-order valence-electron chi connectivity index (χ3n) is 3.85. The van der Waals surface area contributed by atoms with E-state index in [-0.39, 0.29) is 12.6 Å². The van der Waals surface area contributed by atoms with E-state index in [2.05, 4.69) is 15.4 Å². The Morgan fingerprint density at radius 3 is 2.67 bits per heavy atom.